The number of urea groups is 1. The third-order valence-corrected chi connectivity index (χ3v) is 6.41. The van der Waals surface area contributed by atoms with Crippen molar-refractivity contribution in [2.75, 3.05) is 4.90 Å². The van der Waals surface area contributed by atoms with Crippen molar-refractivity contribution in [2.45, 2.75) is 13.5 Å². The highest BCUT2D eigenvalue weighted by atomic mass is 79.9. The molecule has 1 heterocycles. The molecule has 1 aliphatic rings. The van der Waals surface area contributed by atoms with Crippen LogP contribution in [0.4, 0.5) is 10.5 Å². The van der Waals surface area contributed by atoms with E-state index in [1.54, 1.807) is 24.3 Å². The van der Waals surface area contributed by atoms with Crippen LogP contribution in [0.25, 0.3) is 6.08 Å². The van der Waals surface area contributed by atoms with Crippen LogP contribution in [0.3, 0.4) is 0 Å². The lowest BCUT2D eigenvalue weighted by molar-refractivity contribution is -0.122. The van der Waals surface area contributed by atoms with Crippen LogP contribution in [0.1, 0.15) is 16.7 Å². The number of carbonyl (C=O) groups is 3. The summed E-state index contributed by atoms with van der Waals surface area (Å²) < 4.78 is 7.24. The lowest BCUT2D eigenvalue weighted by atomic mass is 10.1. The highest BCUT2D eigenvalue weighted by molar-refractivity contribution is 9.11. The molecule has 3 aromatic carbocycles. The van der Waals surface area contributed by atoms with Crippen LogP contribution >= 0.6 is 43.5 Å². The normalized spacial score (nSPS) is 15.0. The zero-order valence-corrected chi connectivity index (χ0v) is 21.7. The van der Waals surface area contributed by atoms with Gasteiger partial charge in [0, 0.05) is 5.02 Å². The monoisotopic (exact) mass is 602 g/mol. The maximum atomic E-state index is 13.1. The lowest BCUT2D eigenvalue weighted by Gasteiger charge is -2.26. The Morgan fingerprint density at radius 1 is 1.00 bits per heavy atom. The smallest absolute Gasteiger partial charge is 0.335 e. The zero-order chi connectivity index (χ0) is 24.4. The molecule has 4 rings (SSSR count). The fourth-order valence-electron chi connectivity index (χ4n) is 3.41. The van der Waals surface area contributed by atoms with Crippen molar-refractivity contribution in [2.24, 2.45) is 0 Å². The largest absolute Gasteiger partial charge is 0.487 e. The van der Waals surface area contributed by atoms with E-state index in [1.165, 1.54) is 18.2 Å². The molecule has 0 radical (unpaired) electrons. The molecule has 0 aromatic heterocycles. The molecule has 0 bridgehead atoms. The van der Waals surface area contributed by atoms with Crippen LogP contribution in [0, 0.1) is 6.92 Å². The second-order valence-corrected chi connectivity index (χ2v) is 9.67. The van der Waals surface area contributed by atoms with Gasteiger partial charge in [0.2, 0.25) is 0 Å². The van der Waals surface area contributed by atoms with E-state index in [0.29, 0.717) is 37.6 Å². The molecular weight excluding hydrogens is 588 g/mol. The average Bonchev–Trinajstić information content (AvgIpc) is 2.77. The van der Waals surface area contributed by atoms with E-state index in [1.807, 2.05) is 31.2 Å². The van der Waals surface area contributed by atoms with Crippen molar-refractivity contribution in [3.63, 3.8) is 0 Å². The highest BCUT2D eigenvalue weighted by Crippen LogP contribution is 2.36. The number of benzene rings is 3. The maximum absolute atomic E-state index is 13.1. The Morgan fingerprint density at radius 2 is 1.68 bits per heavy atom. The summed E-state index contributed by atoms with van der Waals surface area (Å²) in [6, 6.07) is 16.8. The Balaban J connectivity index is 1.60. The molecule has 1 aliphatic heterocycles. The molecular formula is C25H17Br2ClN2O4. The first-order valence-electron chi connectivity index (χ1n) is 10.1. The molecule has 1 N–H and O–H groups in total. The van der Waals surface area contributed by atoms with E-state index < -0.39 is 17.8 Å². The van der Waals surface area contributed by atoms with Gasteiger partial charge >= 0.3 is 6.03 Å². The number of aryl methyl sites for hydroxylation is 1. The summed E-state index contributed by atoms with van der Waals surface area (Å²) >= 11 is 12.9. The molecule has 0 saturated carbocycles. The van der Waals surface area contributed by atoms with Gasteiger partial charge in [-0.1, -0.05) is 41.4 Å². The van der Waals surface area contributed by atoms with Gasteiger partial charge in [0.25, 0.3) is 11.8 Å². The van der Waals surface area contributed by atoms with Crippen LogP contribution in [0.15, 0.2) is 75.2 Å². The van der Waals surface area contributed by atoms with Crippen LogP contribution in [-0.2, 0) is 16.2 Å². The summed E-state index contributed by atoms with van der Waals surface area (Å²) in [6.45, 7) is 2.39. The van der Waals surface area contributed by atoms with Gasteiger partial charge in [-0.15, -0.1) is 0 Å². The maximum Gasteiger partial charge on any atom is 0.335 e. The van der Waals surface area contributed by atoms with Gasteiger partial charge < -0.3 is 4.74 Å². The molecule has 4 amide bonds. The predicted molar refractivity (Wildman–Crippen MR) is 138 cm³/mol. The van der Waals surface area contributed by atoms with E-state index in [9.17, 15) is 14.4 Å². The fraction of sp³-hybridized carbons (Fsp3) is 0.0800. The minimum Gasteiger partial charge on any atom is -0.487 e. The quantitative estimate of drug-likeness (QED) is 0.270. The minimum absolute atomic E-state index is 0.179. The van der Waals surface area contributed by atoms with Crippen molar-refractivity contribution in [3.8, 4) is 5.75 Å². The topological polar surface area (TPSA) is 75.7 Å². The van der Waals surface area contributed by atoms with Crippen LogP contribution in [0.2, 0.25) is 5.02 Å². The van der Waals surface area contributed by atoms with Gasteiger partial charge in [-0.25, -0.2) is 9.69 Å². The van der Waals surface area contributed by atoms with Gasteiger partial charge in [0.1, 0.15) is 17.9 Å². The fourth-order valence-corrected chi connectivity index (χ4v) is 4.98. The number of barbiturate groups is 1. The number of anilines is 1. The number of amides is 4. The van der Waals surface area contributed by atoms with Crippen molar-refractivity contribution in [3.05, 3.63) is 96.9 Å². The summed E-state index contributed by atoms with van der Waals surface area (Å²) in [5.74, 6) is -0.920. The number of carbonyl (C=O) groups excluding carboxylic acids is 3. The number of rotatable bonds is 5. The van der Waals surface area contributed by atoms with Crippen LogP contribution in [-0.4, -0.2) is 17.8 Å². The van der Waals surface area contributed by atoms with E-state index in [4.69, 9.17) is 16.3 Å². The summed E-state index contributed by atoms with van der Waals surface area (Å²) in [4.78, 5) is 38.8. The summed E-state index contributed by atoms with van der Waals surface area (Å²) in [5, 5.41) is 2.66. The third kappa shape index (κ3) is 5.24. The molecule has 3 aromatic rings. The molecule has 9 heteroatoms. The van der Waals surface area contributed by atoms with Crippen molar-refractivity contribution < 1.29 is 19.1 Å². The number of nitrogens with one attached hydrogen (secondary N) is 1. The lowest BCUT2D eigenvalue weighted by Crippen LogP contribution is -2.54. The summed E-state index contributed by atoms with van der Waals surface area (Å²) in [6.07, 6.45) is 1.42. The Morgan fingerprint density at radius 3 is 2.32 bits per heavy atom. The van der Waals surface area contributed by atoms with E-state index >= 15 is 0 Å². The molecule has 0 spiro atoms. The van der Waals surface area contributed by atoms with E-state index in [-0.39, 0.29) is 5.57 Å². The standard InChI is InChI=1S/C25H17Br2ClN2O4/c1-14-3-2-4-15(9-14)13-34-22-20(26)11-16(12-21(22)27)10-19-23(31)29-25(33)30(24(19)32)18-7-5-17(28)6-8-18/h2-12H,13H2,1H3,(H,29,31,33)/b19-10+. The van der Waals surface area contributed by atoms with Crippen molar-refractivity contribution >= 4 is 73.1 Å². The molecule has 0 atom stereocenters. The average molecular weight is 605 g/mol. The Kier molecular flexibility index (Phi) is 7.21. The number of hydrogen-bond acceptors (Lipinski definition) is 4. The SMILES string of the molecule is Cc1cccc(COc2c(Br)cc(/C=C3\C(=O)NC(=O)N(c4ccc(Cl)cc4)C3=O)cc2Br)c1. The number of halogens is 3. The summed E-state index contributed by atoms with van der Waals surface area (Å²) in [7, 11) is 0. The first-order valence-corrected chi connectivity index (χ1v) is 12.0. The predicted octanol–water partition coefficient (Wildman–Crippen LogP) is 6.42. The minimum atomic E-state index is -0.822. The van der Waals surface area contributed by atoms with Crippen LogP contribution in [0.5, 0.6) is 5.75 Å². The Bertz CT molecular complexity index is 1320. The van der Waals surface area contributed by atoms with Crippen molar-refractivity contribution in [1.29, 1.82) is 0 Å². The van der Waals surface area contributed by atoms with Gasteiger partial charge in [-0.05, 0) is 92.4 Å². The molecule has 0 unspecified atom stereocenters. The second-order valence-electron chi connectivity index (χ2n) is 7.53. The number of hydrogen-bond donors (Lipinski definition) is 1. The van der Waals surface area contributed by atoms with Gasteiger partial charge in [0.15, 0.2) is 0 Å². The first kappa shape index (κ1) is 24.2. The Hall–Kier alpha value is -2.94. The number of ether oxygens (including phenoxy) is 1. The number of nitrogens with zero attached hydrogens (tertiary/aromatic N) is 1. The highest BCUT2D eigenvalue weighted by Gasteiger charge is 2.36. The molecule has 1 saturated heterocycles. The van der Waals surface area contributed by atoms with Gasteiger partial charge in [-0.3, -0.25) is 14.9 Å². The van der Waals surface area contributed by atoms with Gasteiger partial charge in [0.05, 0.1) is 14.6 Å². The molecule has 34 heavy (non-hydrogen) atoms. The number of imide groups is 2. The molecule has 1 fully saturated rings. The molecule has 172 valence electrons. The van der Waals surface area contributed by atoms with Crippen molar-refractivity contribution in [1.82, 2.24) is 5.32 Å². The Labute approximate surface area is 217 Å². The van der Waals surface area contributed by atoms with E-state index in [0.717, 1.165) is 16.0 Å². The third-order valence-electron chi connectivity index (χ3n) is 4.98. The van der Waals surface area contributed by atoms with Gasteiger partial charge in [-0.2, -0.15) is 0 Å². The first-order chi connectivity index (χ1) is 16.2. The summed E-state index contributed by atoms with van der Waals surface area (Å²) in [5.41, 5.74) is 2.85. The molecule has 6 nitrogen and oxygen atoms in total. The van der Waals surface area contributed by atoms with Crippen LogP contribution < -0.4 is 15.0 Å². The zero-order valence-electron chi connectivity index (χ0n) is 17.8. The second kappa shape index (κ2) is 10.1. The van der Waals surface area contributed by atoms with E-state index in [2.05, 4.69) is 37.2 Å². The molecule has 0 aliphatic carbocycles.